The third-order valence-corrected chi connectivity index (χ3v) is 5.53. The van der Waals surface area contributed by atoms with Gasteiger partial charge in [-0.25, -0.2) is 0 Å². The van der Waals surface area contributed by atoms with Gasteiger partial charge < -0.3 is 0 Å². The van der Waals surface area contributed by atoms with E-state index >= 15 is 0 Å². The summed E-state index contributed by atoms with van der Waals surface area (Å²) in [5.74, 6) is 0. The summed E-state index contributed by atoms with van der Waals surface area (Å²) in [4.78, 5) is 0. The van der Waals surface area contributed by atoms with Crippen LogP contribution in [0.5, 0.6) is 0 Å². The van der Waals surface area contributed by atoms with Gasteiger partial charge in [0.1, 0.15) is 0 Å². The molecule has 1 aromatic heterocycles. The van der Waals surface area contributed by atoms with Crippen LogP contribution in [0.1, 0.15) is 79.9 Å². The molecule has 0 saturated heterocycles. The van der Waals surface area contributed by atoms with Crippen LogP contribution in [0.2, 0.25) is 0 Å². The molecule has 0 aliphatic rings. The molecule has 0 saturated carbocycles. The molecule has 0 spiro atoms. The summed E-state index contributed by atoms with van der Waals surface area (Å²) >= 11 is 0. The number of nitrogens with zero attached hydrogens (tertiary/aromatic N) is 2. The molecule has 1 aromatic carbocycles. The molecule has 2 rings (SSSR count). The molecule has 142 valence electrons. The van der Waals surface area contributed by atoms with Gasteiger partial charge >= 0.3 is 0 Å². The quantitative estimate of drug-likeness (QED) is 0.455. The van der Waals surface area contributed by atoms with E-state index in [9.17, 15) is 0 Å². The Labute approximate surface area is 168 Å². The van der Waals surface area contributed by atoms with Crippen LogP contribution in [0.25, 0.3) is 11.1 Å². The van der Waals surface area contributed by atoms with Gasteiger partial charge in [0, 0.05) is 38.1 Å². The largest absolute Gasteiger partial charge is 0.266 e. The molecule has 0 unspecified atom stereocenters. The normalized spacial score (nSPS) is 11.8. The van der Waals surface area contributed by atoms with Crippen LogP contribution in [-0.4, -0.2) is 9.78 Å². The fourth-order valence-electron chi connectivity index (χ4n) is 3.81. The molecular weight excluding hydrogens is 487 g/mol. The van der Waals surface area contributed by atoms with Crippen LogP contribution in [-0.2, 0) is 26.5 Å². The number of rotatable bonds is 2. The predicted molar refractivity (Wildman–Crippen MR) is 105 cm³/mol. The number of aromatic nitrogens is 2. The Kier molecular flexibility index (Phi) is 6.55. The number of hydrogen-bond acceptors (Lipinski definition) is 1. The molecule has 0 aliphatic heterocycles. The second-order valence-electron chi connectivity index (χ2n) is 8.60. The molecule has 0 radical (unpaired) electrons. The van der Waals surface area contributed by atoms with E-state index < -0.39 is 0 Å². The van der Waals surface area contributed by atoms with Gasteiger partial charge in [-0.2, -0.15) is 5.10 Å². The Morgan fingerprint density at radius 1 is 0.720 bits per heavy atom. The first-order valence-corrected chi connectivity index (χ1v) is 9.06. The molecule has 0 aliphatic carbocycles. The van der Waals surface area contributed by atoms with Crippen LogP contribution in [0, 0.1) is 41.5 Å². The summed E-state index contributed by atoms with van der Waals surface area (Å²) < 4.78 is 2.23. The molecule has 25 heavy (non-hydrogen) atoms. The molecular formula is C22H34N2Pt. The second kappa shape index (κ2) is 7.39. The van der Waals surface area contributed by atoms with Gasteiger partial charge in [-0.3, -0.25) is 4.68 Å². The summed E-state index contributed by atoms with van der Waals surface area (Å²) in [6, 6.07) is 0.361. The Morgan fingerprint density at radius 2 is 1.12 bits per heavy atom. The number of aryl methyl sites for hydroxylation is 1. The van der Waals surface area contributed by atoms with Crippen molar-refractivity contribution in [3.8, 4) is 11.1 Å². The minimum absolute atomic E-state index is 0. The monoisotopic (exact) mass is 521 g/mol. The molecule has 2 nitrogen and oxygen atoms in total. The van der Waals surface area contributed by atoms with Gasteiger partial charge in [0.15, 0.2) is 0 Å². The van der Waals surface area contributed by atoms with Gasteiger partial charge in [-0.15, -0.1) is 0 Å². The molecule has 0 atom stereocenters. The van der Waals surface area contributed by atoms with Crippen LogP contribution < -0.4 is 0 Å². The molecule has 0 bridgehead atoms. The van der Waals surface area contributed by atoms with Crippen LogP contribution in [0.4, 0.5) is 0 Å². The van der Waals surface area contributed by atoms with Crippen LogP contribution in [0.3, 0.4) is 0 Å². The third kappa shape index (κ3) is 3.65. The Balaban J connectivity index is 0.00000312. The minimum atomic E-state index is 0. The SMILES string of the molecule is Cc1nn(C(C)C)c(C(C)(C)C)c1-c1c(C)c(C)c(C)c(C)c1C.[Pt]. The summed E-state index contributed by atoms with van der Waals surface area (Å²) in [5.41, 5.74) is 12.3. The number of benzene rings is 1. The average molecular weight is 522 g/mol. The van der Waals surface area contributed by atoms with Gasteiger partial charge in [0.05, 0.1) is 11.4 Å². The predicted octanol–water partition coefficient (Wildman–Crippen LogP) is 6.28. The van der Waals surface area contributed by atoms with Crippen molar-refractivity contribution in [1.29, 1.82) is 0 Å². The van der Waals surface area contributed by atoms with E-state index in [1.165, 1.54) is 44.6 Å². The van der Waals surface area contributed by atoms with Crippen molar-refractivity contribution in [1.82, 2.24) is 9.78 Å². The molecule has 0 fully saturated rings. The summed E-state index contributed by atoms with van der Waals surface area (Å²) in [6.07, 6.45) is 0. The topological polar surface area (TPSA) is 17.8 Å². The van der Waals surface area contributed by atoms with Gasteiger partial charge in [0.2, 0.25) is 0 Å². The standard InChI is InChI=1S/C22H34N2.Pt/c1-12(2)24-21(22(9,10)11)20(18(8)23-24)19-16(6)14(4)13(3)15(5)17(19)7;/h12H,1-11H3;. The third-order valence-electron chi connectivity index (χ3n) is 5.53. The van der Waals surface area contributed by atoms with E-state index in [2.05, 4.69) is 80.8 Å². The second-order valence-corrected chi connectivity index (χ2v) is 8.60. The van der Waals surface area contributed by atoms with Crippen molar-refractivity contribution in [3.05, 3.63) is 39.2 Å². The van der Waals surface area contributed by atoms with E-state index in [-0.39, 0.29) is 26.5 Å². The maximum atomic E-state index is 4.93. The summed E-state index contributed by atoms with van der Waals surface area (Å²) in [5, 5.41) is 4.93. The van der Waals surface area contributed by atoms with Crippen molar-refractivity contribution in [2.45, 2.75) is 87.6 Å². The Hall–Kier alpha value is -0.882. The van der Waals surface area contributed by atoms with Gasteiger partial charge in [-0.1, -0.05) is 20.8 Å². The van der Waals surface area contributed by atoms with E-state index in [0.717, 1.165) is 5.69 Å². The van der Waals surface area contributed by atoms with Crippen molar-refractivity contribution in [2.75, 3.05) is 0 Å². The zero-order chi connectivity index (χ0) is 18.6. The maximum Gasteiger partial charge on any atom is 0.0675 e. The van der Waals surface area contributed by atoms with E-state index in [4.69, 9.17) is 5.10 Å². The van der Waals surface area contributed by atoms with Gasteiger partial charge in [0.25, 0.3) is 0 Å². The molecule has 0 amide bonds. The van der Waals surface area contributed by atoms with Crippen LogP contribution >= 0.6 is 0 Å². The Morgan fingerprint density at radius 3 is 1.48 bits per heavy atom. The smallest absolute Gasteiger partial charge is 0.0675 e. The Bertz CT molecular complexity index is 761. The minimum Gasteiger partial charge on any atom is -0.266 e. The maximum absolute atomic E-state index is 4.93. The summed E-state index contributed by atoms with van der Waals surface area (Å²) in [6.45, 7) is 24.8. The average Bonchev–Trinajstić information content (AvgIpc) is 2.81. The molecule has 1 heterocycles. The molecule has 0 N–H and O–H groups in total. The first kappa shape index (κ1) is 22.2. The fourth-order valence-corrected chi connectivity index (χ4v) is 3.81. The zero-order valence-corrected chi connectivity index (χ0v) is 20.1. The van der Waals surface area contributed by atoms with Crippen molar-refractivity contribution in [2.24, 2.45) is 0 Å². The number of hydrogen-bond donors (Lipinski definition) is 0. The first-order valence-electron chi connectivity index (χ1n) is 9.06. The summed E-state index contributed by atoms with van der Waals surface area (Å²) in [7, 11) is 0. The van der Waals surface area contributed by atoms with Gasteiger partial charge in [-0.05, 0) is 88.8 Å². The van der Waals surface area contributed by atoms with Crippen molar-refractivity contribution in [3.63, 3.8) is 0 Å². The van der Waals surface area contributed by atoms with Crippen molar-refractivity contribution >= 4 is 0 Å². The van der Waals surface area contributed by atoms with E-state index in [0.29, 0.717) is 6.04 Å². The van der Waals surface area contributed by atoms with E-state index in [1.54, 1.807) is 0 Å². The molecule has 2 aromatic rings. The first-order chi connectivity index (χ1) is 10.9. The zero-order valence-electron chi connectivity index (χ0n) is 17.8. The van der Waals surface area contributed by atoms with E-state index in [1.807, 2.05) is 0 Å². The van der Waals surface area contributed by atoms with Crippen LogP contribution in [0.15, 0.2) is 0 Å². The van der Waals surface area contributed by atoms with Crippen molar-refractivity contribution < 1.29 is 21.1 Å². The molecule has 3 heteroatoms. The fraction of sp³-hybridized carbons (Fsp3) is 0.591.